The summed E-state index contributed by atoms with van der Waals surface area (Å²) >= 11 is 0. The van der Waals surface area contributed by atoms with Crippen molar-refractivity contribution in [3.8, 4) is 0 Å². The molecule has 0 aromatic rings. The van der Waals surface area contributed by atoms with Gasteiger partial charge in [-0.25, -0.2) is 0 Å². The van der Waals surface area contributed by atoms with Crippen LogP contribution in [0.1, 0.15) is 52.9 Å². The van der Waals surface area contributed by atoms with Crippen molar-refractivity contribution in [2.75, 3.05) is 6.61 Å². The molecule has 3 aliphatic rings. The largest absolute Gasteiger partial charge is 0.396 e. The van der Waals surface area contributed by atoms with Gasteiger partial charge in [0.25, 0.3) is 0 Å². The fourth-order valence-corrected chi connectivity index (χ4v) is 5.84. The van der Waals surface area contributed by atoms with E-state index in [-0.39, 0.29) is 22.9 Å². The molecule has 0 aromatic carbocycles. The summed E-state index contributed by atoms with van der Waals surface area (Å²) in [6, 6.07) is 0. The van der Waals surface area contributed by atoms with Crippen LogP contribution in [0.2, 0.25) is 0 Å². The molecule has 3 rings (SSSR count). The quantitative estimate of drug-likeness (QED) is 0.610. The molecule has 0 unspecified atom stereocenters. The first kappa shape index (κ1) is 14.3. The van der Waals surface area contributed by atoms with Gasteiger partial charge in [-0.2, -0.15) is 0 Å². The highest BCUT2D eigenvalue weighted by Gasteiger charge is 2.72. The minimum Gasteiger partial charge on any atom is -0.396 e. The summed E-state index contributed by atoms with van der Waals surface area (Å²) in [4.78, 5) is 0. The zero-order valence-corrected chi connectivity index (χ0v) is 13.0. The first-order chi connectivity index (χ1) is 9.31. The highest BCUT2D eigenvalue weighted by atomic mass is 16.3. The first-order valence-corrected chi connectivity index (χ1v) is 8.02. The zero-order valence-electron chi connectivity index (χ0n) is 13.0. The number of hydrogen-bond donors (Lipinski definition) is 2. The van der Waals surface area contributed by atoms with Crippen LogP contribution >= 0.6 is 0 Å². The molecule has 2 N–H and O–H groups in total. The molecule has 4 atom stereocenters. The number of allylic oxidation sites excluding steroid dienone is 2. The maximum Gasteiger partial charge on any atom is 0.0929 e. The average Bonchev–Trinajstić information content (AvgIpc) is 2.86. The Morgan fingerprint density at radius 3 is 2.60 bits per heavy atom. The van der Waals surface area contributed by atoms with E-state index in [4.69, 9.17) is 5.11 Å². The van der Waals surface area contributed by atoms with Gasteiger partial charge in [-0.3, -0.25) is 0 Å². The fraction of sp³-hybridized carbons (Fsp3) is 0.778. The SMILES string of the molecule is CC1(C)C[C@@]2(C)CC=C[C@@]23[C@H]1C=C[C@]3(O)CCCCO. The average molecular weight is 276 g/mol. The van der Waals surface area contributed by atoms with Crippen molar-refractivity contribution in [2.45, 2.75) is 58.5 Å². The van der Waals surface area contributed by atoms with Crippen LogP contribution in [-0.2, 0) is 0 Å². The lowest BCUT2D eigenvalue weighted by Gasteiger charge is -2.48. The molecule has 0 amide bonds. The zero-order chi connectivity index (χ0) is 14.6. The predicted octanol–water partition coefficient (Wildman–Crippen LogP) is 3.45. The van der Waals surface area contributed by atoms with E-state index in [0.717, 1.165) is 25.7 Å². The van der Waals surface area contributed by atoms with Crippen LogP contribution in [0.15, 0.2) is 24.3 Å². The highest BCUT2D eigenvalue weighted by molar-refractivity contribution is 5.40. The van der Waals surface area contributed by atoms with Gasteiger partial charge in [-0.05, 0) is 48.9 Å². The molecule has 1 spiro atoms. The summed E-state index contributed by atoms with van der Waals surface area (Å²) in [5.41, 5.74) is -0.447. The molecule has 1 fully saturated rings. The van der Waals surface area contributed by atoms with Crippen molar-refractivity contribution < 1.29 is 10.2 Å². The number of aliphatic hydroxyl groups is 2. The Labute approximate surface area is 122 Å². The molecule has 0 saturated heterocycles. The van der Waals surface area contributed by atoms with Gasteiger partial charge in [0.05, 0.1) is 5.60 Å². The number of aliphatic hydroxyl groups excluding tert-OH is 1. The van der Waals surface area contributed by atoms with Crippen molar-refractivity contribution in [3.63, 3.8) is 0 Å². The third kappa shape index (κ3) is 1.52. The topological polar surface area (TPSA) is 40.5 Å². The van der Waals surface area contributed by atoms with Crippen LogP contribution < -0.4 is 0 Å². The lowest BCUT2D eigenvalue weighted by atomic mass is 9.58. The van der Waals surface area contributed by atoms with Crippen LogP contribution in [0.5, 0.6) is 0 Å². The van der Waals surface area contributed by atoms with Crippen molar-refractivity contribution in [1.82, 2.24) is 0 Å². The van der Waals surface area contributed by atoms with E-state index in [1.807, 2.05) is 0 Å². The standard InChI is InChI=1S/C18H28O2/c1-15(2)13-16(3)8-6-10-18(16)14(15)7-11-17(18,20)9-4-5-12-19/h6-7,10-11,14,19-20H,4-5,8-9,12-13H2,1-3H3/t14-,16+,17+,18+/m0/s1. The van der Waals surface area contributed by atoms with Gasteiger partial charge in [0.2, 0.25) is 0 Å². The lowest BCUT2D eigenvalue weighted by Crippen LogP contribution is -2.51. The summed E-state index contributed by atoms with van der Waals surface area (Å²) in [6.45, 7) is 7.27. The lowest BCUT2D eigenvalue weighted by molar-refractivity contribution is -0.0770. The van der Waals surface area contributed by atoms with Crippen molar-refractivity contribution >= 4 is 0 Å². The maximum atomic E-state index is 11.4. The smallest absolute Gasteiger partial charge is 0.0929 e. The molecular weight excluding hydrogens is 248 g/mol. The Morgan fingerprint density at radius 1 is 1.15 bits per heavy atom. The van der Waals surface area contributed by atoms with Crippen molar-refractivity contribution in [2.24, 2.45) is 22.2 Å². The molecule has 0 heterocycles. The molecular formula is C18H28O2. The third-order valence-electron chi connectivity index (χ3n) is 6.37. The fourth-order valence-electron chi connectivity index (χ4n) is 5.84. The van der Waals surface area contributed by atoms with Gasteiger partial charge in [-0.1, -0.05) is 45.1 Å². The molecule has 2 heteroatoms. The molecule has 0 radical (unpaired) electrons. The number of hydrogen-bond acceptors (Lipinski definition) is 2. The molecule has 3 aliphatic carbocycles. The van der Waals surface area contributed by atoms with E-state index in [1.54, 1.807) is 0 Å². The summed E-state index contributed by atoms with van der Waals surface area (Å²) < 4.78 is 0. The molecule has 0 bridgehead atoms. The van der Waals surface area contributed by atoms with Gasteiger partial charge < -0.3 is 10.2 Å². The minimum atomic E-state index is -0.734. The normalized spacial score (nSPS) is 47.8. The Bertz CT molecular complexity index is 464. The second-order valence-electron chi connectivity index (χ2n) is 8.14. The number of unbranched alkanes of at least 4 members (excludes halogenated alkanes) is 1. The second kappa shape index (κ2) is 4.20. The molecule has 0 aliphatic heterocycles. The first-order valence-electron chi connectivity index (χ1n) is 8.02. The number of rotatable bonds is 4. The van der Waals surface area contributed by atoms with Crippen LogP contribution in [0, 0.1) is 22.2 Å². The van der Waals surface area contributed by atoms with Crippen LogP contribution in [0.3, 0.4) is 0 Å². The second-order valence-corrected chi connectivity index (χ2v) is 8.14. The van der Waals surface area contributed by atoms with E-state index in [0.29, 0.717) is 5.92 Å². The summed E-state index contributed by atoms with van der Waals surface area (Å²) in [5.74, 6) is 0.429. The summed E-state index contributed by atoms with van der Waals surface area (Å²) in [7, 11) is 0. The van der Waals surface area contributed by atoms with Gasteiger partial charge >= 0.3 is 0 Å². The van der Waals surface area contributed by atoms with Crippen LogP contribution in [0.25, 0.3) is 0 Å². The highest BCUT2D eigenvalue weighted by Crippen LogP contribution is 2.75. The van der Waals surface area contributed by atoms with Crippen LogP contribution in [-0.4, -0.2) is 22.4 Å². The molecule has 20 heavy (non-hydrogen) atoms. The van der Waals surface area contributed by atoms with E-state index >= 15 is 0 Å². The Kier molecular flexibility index (Phi) is 3.02. The van der Waals surface area contributed by atoms with Crippen molar-refractivity contribution in [3.05, 3.63) is 24.3 Å². The Balaban J connectivity index is 2.00. The molecule has 1 saturated carbocycles. The monoisotopic (exact) mass is 276 g/mol. The predicted molar refractivity (Wildman–Crippen MR) is 81.2 cm³/mol. The van der Waals surface area contributed by atoms with E-state index in [1.165, 1.54) is 6.42 Å². The van der Waals surface area contributed by atoms with Gasteiger partial charge in [0.15, 0.2) is 0 Å². The summed E-state index contributed by atoms with van der Waals surface area (Å²) in [5, 5.41) is 20.4. The summed E-state index contributed by atoms with van der Waals surface area (Å²) in [6.07, 6.45) is 13.6. The third-order valence-corrected chi connectivity index (χ3v) is 6.37. The van der Waals surface area contributed by atoms with Gasteiger partial charge in [-0.15, -0.1) is 0 Å². The van der Waals surface area contributed by atoms with Crippen LogP contribution in [0.4, 0.5) is 0 Å². The van der Waals surface area contributed by atoms with E-state index < -0.39 is 5.60 Å². The van der Waals surface area contributed by atoms with Gasteiger partial charge in [0, 0.05) is 12.0 Å². The van der Waals surface area contributed by atoms with E-state index in [2.05, 4.69) is 45.1 Å². The molecule has 2 nitrogen and oxygen atoms in total. The van der Waals surface area contributed by atoms with Crippen molar-refractivity contribution in [1.29, 1.82) is 0 Å². The Hall–Kier alpha value is -0.600. The maximum absolute atomic E-state index is 11.4. The van der Waals surface area contributed by atoms with E-state index in [9.17, 15) is 5.11 Å². The van der Waals surface area contributed by atoms with Gasteiger partial charge in [0.1, 0.15) is 0 Å². The molecule has 0 aromatic heterocycles. The Morgan fingerprint density at radius 2 is 1.90 bits per heavy atom. The minimum absolute atomic E-state index is 0.126. The molecule has 112 valence electrons.